The minimum Gasteiger partial charge on any atom is -0.327 e. The third-order valence-corrected chi connectivity index (χ3v) is 3.78. The highest BCUT2D eigenvalue weighted by atomic mass is 15.1. The number of aryl methyl sites for hydroxylation is 1. The van der Waals surface area contributed by atoms with E-state index in [0.29, 0.717) is 5.92 Å². The molecule has 0 saturated heterocycles. The number of hydrogen-bond donors (Lipinski definition) is 1. The molecule has 4 nitrogen and oxygen atoms in total. The Balaban J connectivity index is 1.94. The van der Waals surface area contributed by atoms with Crippen molar-refractivity contribution in [1.29, 1.82) is 0 Å². The van der Waals surface area contributed by atoms with E-state index in [9.17, 15) is 0 Å². The highest BCUT2D eigenvalue weighted by Gasteiger charge is 2.10. The molecule has 0 aromatic carbocycles. The molecule has 0 bridgehead atoms. The van der Waals surface area contributed by atoms with Crippen LogP contribution in [0.3, 0.4) is 0 Å². The number of rotatable bonds is 6. The summed E-state index contributed by atoms with van der Waals surface area (Å²) in [6, 6.07) is 4.44. The van der Waals surface area contributed by atoms with Crippen LogP contribution >= 0.6 is 0 Å². The molecule has 2 heterocycles. The van der Waals surface area contributed by atoms with E-state index in [0.717, 1.165) is 30.9 Å². The molecular formula is C16H26N4. The van der Waals surface area contributed by atoms with Gasteiger partial charge in [0.1, 0.15) is 5.65 Å². The van der Waals surface area contributed by atoms with Gasteiger partial charge in [0.15, 0.2) is 0 Å². The van der Waals surface area contributed by atoms with Crippen molar-refractivity contribution in [3.05, 3.63) is 35.8 Å². The van der Waals surface area contributed by atoms with Crippen molar-refractivity contribution in [3.8, 4) is 0 Å². The average Bonchev–Trinajstić information content (AvgIpc) is 2.76. The molecule has 2 aromatic rings. The zero-order chi connectivity index (χ0) is 14.7. The third kappa shape index (κ3) is 3.81. The first kappa shape index (κ1) is 15.0. The Hall–Kier alpha value is -1.39. The minimum absolute atomic E-state index is 0.279. The van der Waals surface area contributed by atoms with Gasteiger partial charge in [-0.3, -0.25) is 0 Å². The van der Waals surface area contributed by atoms with E-state index in [4.69, 9.17) is 5.73 Å². The monoisotopic (exact) mass is 274 g/mol. The second-order valence-corrected chi connectivity index (χ2v) is 6.14. The zero-order valence-electron chi connectivity index (χ0n) is 13.0. The smallest absolute Gasteiger partial charge is 0.137 e. The molecule has 0 aliphatic rings. The maximum absolute atomic E-state index is 6.09. The second kappa shape index (κ2) is 6.37. The van der Waals surface area contributed by atoms with E-state index in [-0.39, 0.29) is 6.04 Å². The Labute approximate surface area is 121 Å². The summed E-state index contributed by atoms with van der Waals surface area (Å²) in [5.41, 5.74) is 9.46. The molecule has 0 saturated carbocycles. The summed E-state index contributed by atoms with van der Waals surface area (Å²) in [6.07, 6.45) is 5.25. The summed E-state index contributed by atoms with van der Waals surface area (Å²) < 4.78 is 2.10. The lowest BCUT2D eigenvalue weighted by Gasteiger charge is -2.20. The van der Waals surface area contributed by atoms with E-state index < -0.39 is 0 Å². The minimum atomic E-state index is 0.279. The van der Waals surface area contributed by atoms with Gasteiger partial charge in [0, 0.05) is 25.0 Å². The van der Waals surface area contributed by atoms with Gasteiger partial charge in [0.05, 0.1) is 5.69 Å². The number of nitrogens with two attached hydrogens (primary N) is 1. The summed E-state index contributed by atoms with van der Waals surface area (Å²) >= 11 is 0. The fraction of sp³-hybridized carbons (Fsp3) is 0.562. The molecule has 2 N–H and O–H groups in total. The molecular weight excluding hydrogens is 248 g/mol. The van der Waals surface area contributed by atoms with Gasteiger partial charge in [0.25, 0.3) is 0 Å². The van der Waals surface area contributed by atoms with E-state index in [1.54, 1.807) is 0 Å². The van der Waals surface area contributed by atoms with Crippen LogP contribution in [0, 0.1) is 12.8 Å². The lowest BCUT2D eigenvalue weighted by Crippen LogP contribution is -2.31. The van der Waals surface area contributed by atoms with Crippen molar-refractivity contribution in [2.45, 2.75) is 39.8 Å². The Morgan fingerprint density at radius 1 is 1.30 bits per heavy atom. The first-order valence-electron chi connectivity index (χ1n) is 7.34. The van der Waals surface area contributed by atoms with Gasteiger partial charge in [-0.2, -0.15) is 0 Å². The van der Waals surface area contributed by atoms with Crippen LogP contribution in [0.4, 0.5) is 0 Å². The van der Waals surface area contributed by atoms with Gasteiger partial charge in [-0.05, 0) is 44.5 Å². The largest absolute Gasteiger partial charge is 0.327 e. The Bertz CT molecular complexity index is 559. The molecule has 2 aromatic heterocycles. The summed E-state index contributed by atoms with van der Waals surface area (Å²) in [4.78, 5) is 6.93. The third-order valence-electron chi connectivity index (χ3n) is 3.78. The Morgan fingerprint density at radius 2 is 2.05 bits per heavy atom. The topological polar surface area (TPSA) is 46.6 Å². The van der Waals surface area contributed by atoms with Gasteiger partial charge in [-0.25, -0.2) is 4.98 Å². The van der Waals surface area contributed by atoms with Crippen LogP contribution in [0.2, 0.25) is 0 Å². The normalized spacial score (nSPS) is 13.6. The van der Waals surface area contributed by atoms with Crippen molar-refractivity contribution in [3.63, 3.8) is 0 Å². The molecule has 1 unspecified atom stereocenters. The molecule has 20 heavy (non-hydrogen) atoms. The SMILES string of the molecule is Cc1ccc2nc(CN(C)CCC(N)C(C)C)cn2c1. The van der Waals surface area contributed by atoms with Crippen LogP contribution in [0.5, 0.6) is 0 Å². The van der Waals surface area contributed by atoms with Gasteiger partial charge in [0.2, 0.25) is 0 Å². The number of pyridine rings is 1. The van der Waals surface area contributed by atoms with E-state index in [1.807, 2.05) is 0 Å². The number of fused-ring (bicyclic) bond motifs is 1. The fourth-order valence-electron chi connectivity index (χ4n) is 2.29. The highest BCUT2D eigenvalue weighted by Crippen LogP contribution is 2.10. The summed E-state index contributed by atoms with van der Waals surface area (Å²) in [6.45, 7) is 8.32. The van der Waals surface area contributed by atoms with Crippen LogP contribution in [-0.2, 0) is 6.54 Å². The van der Waals surface area contributed by atoms with Crippen LogP contribution in [-0.4, -0.2) is 33.9 Å². The molecule has 0 aliphatic carbocycles. The van der Waals surface area contributed by atoms with Crippen molar-refractivity contribution >= 4 is 5.65 Å². The van der Waals surface area contributed by atoms with Gasteiger partial charge in [-0.15, -0.1) is 0 Å². The van der Waals surface area contributed by atoms with E-state index in [1.165, 1.54) is 5.56 Å². The van der Waals surface area contributed by atoms with Crippen LogP contribution < -0.4 is 5.73 Å². The predicted molar refractivity (Wildman–Crippen MR) is 83.7 cm³/mol. The Kier molecular flexibility index (Phi) is 4.78. The standard InChI is InChI=1S/C16H26N4/c1-12(2)15(17)7-8-19(4)10-14-11-20-9-13(3)5-6-16(20)18-14/h5-6,9,11-12,15H,7-8,10,17H2,1-4H3. The van der Waals surface area contributed by atoms with Crippen molar-refractivity contribution in [2.75, 3.05) is 13.6 Å². The first-order chi connectivity index (χ1) is 9.45. The molecule has 0 aliphatic heterocycles. The highest BCUT2D eigenvalue weighted by molar-refractivity contribution is 5.41. The lowest BCUT2D eigenvalue weighted by molar-refractivity contribution is 0.294. The van der Waals surface area contributed by atoms with Crippen LogP contribution in [0.25, 0.3) is 5.65 Å². The van der Waals surface area contributed by atoms with Crippen molar-refractivity contribution < 1.29 is 0 Å². The maximum atomic E-state index is 6.09. The van der Waals surface area contributed by atoms with Gasteiger partial charge < -0.3 is 15.0 Å². The molecule has 1 atom stereocenters. The van der Waals surface area contributed by atoms with Gasteiger partial charge in [-0.1, -0.05) is 19.9 Å². The fourth-order valence-corrected chi connectivity index (χ4v) is 2.29. The molecule has 0 spiro atoms. The summed E-state index contributed by atoms with van der Waals surface area (Å²) in [5.74, 6) is 0.543. The molecule has 4 heteroatoms. The number of nitrogens with zero attached hydrogens (tertiary/aromatic N) is 3. The number of imidazole rings is 1. The Morgan fingerprint density at radius 3 is 2.75 bits per heavy atom. The van der Waals surface area contributed by atoms with Crippen molar-refractivity contribution in [1.82, 2.24) is 14.3 Å². The predicted octanol–water partition coefficient (Wildman–Crippen LogP) is 2.45. The van der Waals surface area contributed by atoms with E-state index in [2.05, 4.69) is 66.6 Å². The van der Waals surface area contributed by atoms with E-state index >= 15 is 0 Å². The average molecular weight is 274 g/mol. The molecule has 2 rings (SSSR count). The van der Waals surface area contributed by atoms with Crippen LogP contribution in [0.1, 0.15) is 31.5 Å². The molecule has 0 amide bonds. The van der Waals surface area contributed by atoms with Gasteiger partial charge >= 0.3 is 0 Å². The summed E-state index contributed by atoms with van der Waals surface area (Å²) in [7, 11) is 2.13. The van der Waals surface area contributed by atoms with Crippen molar-refractivity contribution in [2.24, 2.45) is 11.7 Å². The maximum Gasteiger partial charge on any atom is 0.137 e. The summed E-state index contributed by atoms with van der Waals surface area (Å²) in [5, 5.41) is 0. The lowest BCUT2D eigenvalue weighted by atomic mass is 10.0. The zero-order valence-corrected chi connectivity index (χ0v) is 13.0. The molecule has 110 valence electrons. The quantitative estimate of drug-likeness (QED) is 0.880. The number of aromatic nitrogens is 2. The molecule has 0 fully saturated rings. The first-order valence-corrected chi connectivity index (χ1v) is 7.34. The number of hydrogen-bond acceptors (Lipinski definition) is 3. The second-order valence-electron chi connectivity index (χ2n) is 6.14. The van der Waals surface area contributed by atoms with Crippen LogP contribution in [0.15, 0.2) is 24.5 Å². The molecule has 0 radical (unpaired) electrons.